The fourth-order valence-electron chi connectivity index (χ4n) is 1.36. The SMILES string of the molecule is O=P([O-])([O-])C(F)(F)c1cc2ccsc2cc1Br. The summed E-state index contributed by atoms with van der Waals surface area (Å²) in [6, 6.07) is 3.96. The Morgan fingerprint density at radius 3 is 2.59 bits per heavy atom. The standard InChI is InChI=1S/C9H6BrF2O3PS/c10-7-4-8-5(1-2-17-8)3-6(7)9(11,12)16(13,14)15/h1-4H,(H2,13,14,15)/p-2. The van der Waals surface area contributed by atoms with Gasteiger partial charge in [-0.2, -0.15) is 8.78 Å². The van der Waals surface area contributed by atoms with E-state index < -0.39 is 18.8 Å². The van der Waals surface area contributed by atoms with Crippen molar-refractivity contribution in [2.24, 2.45) is 0 Å². The van der Waals surface area contributed by atoms with Crippen molar-refractivity contribution in [1.82, 2.24) is 0 Å². The molecule has 92 valence electrons. The molecule has 1 aromatic heterocycles. The van der Waals surface area contributed by atoms with E-state index in [4.69, 9.17) is 0 Å². The first kappa shape index (κ1) is 13.1. The minimum absolute atomic E-state index is 0.0932. The molecule has 8 heteroatoms. The highest BCUT2D eigenvalue weighted by molar-refractivity contribution is 9.10. The molecule has 0 aliphatic heterocycles. The maximum absolute atomic E-state index is 13.4. The fraction of sp³-hybridized carbons (Fsp3) is 0.111. The van der Waals surface area contributed by atoms with E-state index in [1.54, 1.807) is 11.4 Å². The van der Waals surface area contributed by atoms with Gasteiger partial charge in [0, 0.05) is 22.3 Å². The van der Waals surface area contributed by atoms with E-state index in [0.717, 1.165) is 10.8 Å². The molecule has 0 unspecified atom stereocenters. The van der Waals surface area contributed by atoms with Gasteiger partial charge in [-0.05, 0) is 29.0 Å². The second-order valence-corrected chi connectivity index (χ2v) is 6.69. The summed E-state index contributed by atoms with van der Waals surface area (Å²) in [4.78, 5) is 21.2. The third kappa shape index (κ3) is 2.18. The van der Waals surface area contributed by atoms with Crippen LogP contribution in [0.15, 0.2) is 28.1 Å². The lowest BCUT2D eigenvalue weighted by molar-refractivity contribution is -0.335. The molecule has 2 aromatic rings. The zero-order valence-electron chi connectivity index (χ0n) is 8.02. The van der Waals surface area contributed by atoms with Gasteiger partial charge in [0.15, 0.2) is 0 Å². The topological polar surface area (TPSA) is 63.2 Å². The van der Waals surface area contributed by atoms with Crippen LogP contribution in [0, 0.1) is 0 Å². The fourth-order valence-corrected chi connectivity index (χ4v) is 3.55. The van der Waals surface area contributed by atoms with E-state index in [1.807, 2.05) is 0 Å². The Bertz CT molecular complexity index is 622. The second kappa shape index (κ2) is 4.10. The Hall–Kier alpha value is -0.330. The molecular formula is C9H4BrF2O3PS-2. The molecule has 0 atom stereocenters. The van der Waals surface area contributed by atoms with Crippen molar-refractivity contribution in [2.45, 2.75) is 5.66 Å². The Morgan fingerprint density at radius 2 is 2.00 bits per heavy atom. The highest BCUT2D eigenvalue weighted by Crippen LogP contribution is 2.55. The highest BCUT2D eigenvalue weighted by atomic mass is 79.9. The van der Waals surface area contributed by atoms with Crippen LogP contribution in [0.5, 0.6) is 0 Å². The van der Waals surface area contributed by atoms with E-state index in [2.05, 4.69) is 15.9 Å². The van der Waals surface area contributed by atoms with Gasteiger partial charge in [-0.1, -0.05) is 15.9 Å². The molecule has 0 aliphatic rings. The summed E-state index contributed by atoms with van der Waals surface area (Å²) in [7, 11) is -6.04. The molecular weight excluding hydrogens is 337 g/mol. The minimum Gasteiger partial charge on any atom is -0.806 e. The molecule has 0 radical (unpaired) electrons. The molecule has 1 heterocycles. The van der Waals surface area contributed by atoms with Gasteiger partial charge in [0.2, 0.25) is 0 Å². The number of alkyl halides is 2. The Labute approximate surface area is 107 Å². The Kier molecular flexibility index (Phi) is 3.16. The zero-order valence-corrected chi connectivity index (χ0v) is 11.3. The van der Waals surface area contributed by atoms with Crippen molar-refractivity contribution in [3.63, 3.8) is 0 Å². The van der Waals surface area contributed by atoms with Crippen molar-refractivity contribution in [3.05, 3.63) is 33.6 Å². The predicted octanol–water partition coefficient (Wildman–Crippen LogP) is 2.63. The molecule has 0 N–H and O–H groups in total. The van der Waals surface area contributed by atoms with Crippen molar-refractivity contribution in [1.29, 1.82) is 0 Å². The van der Waals surface area contributed by atoms with Crippen LogP contribution >= 0.6 is 34.9 Å². The molecule has 0 spiro atoms. The number of hydrogen-bond donors (Lipinski definition) is 0. The van der Waals surface area contributed by atoms with Crippen molar-refractivity contribution < 1.29 is 23.1 Å². The monoisotopic (exact) mass is 340 g/mol. The van der Waals surface area contributed by atoms with Crippen molar-refractivity contribution >= 4 is 44.9 Å². The smallest absolute Gasteiger partial charge is 0.298 e. The van der Waals surface area contributed by atoms with Crippen LogP contribution in [0.3, 0.4) is 0 Å². The summed E-state index contributed by atoms with van der Waals surface area (Å²) >= 11 is 4.19. The molecule has 17 heavy (non-hydrogen) atoms. The first-order valence-electron chi connectivity index (χ1n) is 4.30. The van der Waals surface area contributed by atoms with Crippen LogP contribution in [0.4, 0.5) is 8.78 Å². The molecule has 0 fully saturated rings. The maximum Gasteiger partial charge on any atom is 0.298 e. The Balaban J connectivity index is 2.70. The van der Waals surface area contributed by atoms with Crippen LogP contribution in [-0.4, -0.2) is 0 Å². The number of thiophene rings is 1. The number of hydrogen-bond acceptors (Lipinski definition) is 4. The van der Waals surface area contributed by atoms with Gasteiger partial charge >= 0.3 is 0 Å². The molecule has 1 aromatic carbocycles. The summed E-state index contributed by atoms with van der Waals surface area (Å²) in [5, 5.41) is 2.16. The lowest BCUT2D eigenvalue weighted by atomic mass is 10.2. The molecule has 0 saturated heterocycles. The average Bonchev–Trinajstić information content (AvgIpc) is 2.61. The van der Waals surface area contributed by atoms with E-state index in [0.29, 0.717) is 5.39 Å². The first-order valence-corrected chi connectivity index (χ1v) is 7.52. The minimum atomic E-state index is -6.04. The summed E-state index contributed by atoms with van der Waals surface area (Å²) in [6.45, 7) is 0. The molecule has 0 saturated carbocycles. The van der Waals surface area contributed by atoms with E-state index in [9.17, 15) is 23.1 Å². The summed E-state index contributed by atoms with van der Waals surface area (Å²) in [5.74, 6) is 0. The van der Waals surface area contributed by atoms with Gasteiger partial charge in [-0.3, -0.25) is 0 Å². The normalized spacial score (nSPS) is 13.2. The number of rotatable bonds is 2. The third-order valence-corrected chi connectivity index (χ3v) is 4.67. The largest absolute Gasteiger partial charge is 0.806 e. The molecule has 2 rings (SSSR count). The molecule has 3 nitrogen and oxygen atoms in total. The van der Waals surface area contributed by atoms with Gasteiger partial charge in [-0.25, -0.2) is 0 Å². The first-order chi connectivity index (χ1) is 7.73. The number of fused-ring (bicyclic) bond motifs is 1. The number of halogens is 3. The van der Waals surface area contributed by atoms with Crippen LogP contribution in [-0.2, 0) is 10.2 Å². The van der Waals surface area contributed by atoms with E-state index >= 15 is 0 Å². The van der Waals surface area contributed by atoms with Crippen LogP contribution in [0.1, 0.15) is 5.56 Å². The van der Waals surface area contributed by atoms with Crippen LogP contribution in [0.2, 0.25) is 0 Å². The van der Waals surface area contributed by atoms with Gasteiger partial charge in [0.25, 0.3) is 5.66 Å². The highest BCUT2D eigenvalue weighted by Gasteiger charge is 2.38. The van der Waals surface area contributed by atoms with E-state index in [-0.39, 0.29) is 4.47 Å². The molecule has 0 aliphatic carbocycles. The average molecular weight is 341 g/mol. The van der Waals surface area contributed by atoms with E-state index in [1.165, 1.54) is 17.4 Å². The maximum atomic E-state index is 13.4. The lowest BCUT2D eigenvalue weighted by Gasteiger charge is -2.38. The molecule has 0 bridgehead atoms. The van der Waals surface area contributed by atoms with Crippen molar-refractivity contribution in [2.75, 3.05) is 0 Å². The second-order valence-electron chi connectivity index (χ2n) is 3.33. The summed E-state index contributed by atoms with van der Waals surface area (Å²) in [5.41, 5.74) is -5.24. The third-order valence-electron chi connectivity index (χ3n) is 2.21. The van der Waals surface area contributed by atoms with Crippen LogP contribution < -0.4 is 9.79 Å². The quantitative estimate of drug-likeness (QED) is 0.789. The van der Waals surface area contributed by atoms with Crippen molar-refractivity contribution in [3.8, 4) is 0 Å². The lowest BCUT2D eigenvalue weighted by Crippen LogP contribution is -2.30. The van der Waals surface area contributed by atoms with Gasteiger partial charge < -0.3 is 14.4 Å². The Morgan fingerprint density at radius 1 is 1.35 bits per heavy atom. The van der Waals surface area contributed by atoms with Crippen LogP contribution in [0.25, 0.3) is 10.1 Å². The number of benzene rings is 1. The van der Waals surface area contributed by atoms with Gasteiger partial charge in [0.05, 0.1) is 0 Å². The summed E-state index contributed by atoms with van der Waals surface area (Å²) < 4.78 is 38.1. The predicted molar refractivity (Wildman–Crippen MR) is 61.0 cm³/mol. The molecule has 0 amide bonds. The zero-order chi connectivity index (χ0) is 12.8. The van der Waals surface area contributed by atoms with Gasteiger partial charge in [-0.15, -0.1) is 11.3 Å². The van der Waals surface area contributed by atoms with Gasteiger partial charge in [0.1, 0.15) is 0 Å². The summed E-state index contributed by atoms with van der Waals surface area (Å²) in [6.07, 6.45) is 0.